The second-order valence-corrected chi connectivity index (χ2v) is 5.82. The van der Waals surface area contributed by atoms with E-state index < -0.39 is 0 Å². The number of hydrogen-bond donors (Lipinski definition) is 1. The van der Waals surface area contributed by atoms with E-state index in [1.807, 2.05) is 37.2 Å². The summed E-state index contributed by atoms with van der Waals surface area (Å²) in [5.41, 5.74) is 1.78. The first-order chi connectivity index (χ1) is 9.08. The maximum Gasteiger partial charge on any atom is 0.227 e. The number of nitrogens with zero attached hydrogens (tertiary/aromatic N) is 1. The molecule has 1 aliphatic rings. The number of nitrogens with one attached hydrogen (secondary N) is 1. The van der Waals surface area contributed by atoms with Crippen LogP contribution in [0, 0.1) is 5.92 Å². The van der Waals surface area contributed by atoms with Gasteiger partial charge in [-0.25, -0.2) is 0 Å². The number of carbonyl (C=O) groups excluding carboxylic acids is 1. The molecule has 1 amide bonds. The van der Waals surface area contributed by atoms with E-state index >= 15 is 0 Å². The van der Waals surface area contributed by atoms with E-state index in [9.17, 15) is 4.79 Å². The maximum atomic E-state index is 12.3. The first-order valence-electron chi connectivity index (χ1n) is 6.85. The molecule has 1 N–H and O–H groups in total. The van der Waals surface area contributed by atoms with E-state index in [-0.39, 0.29) is 11.8 Å². The van der Waals surface area contributed by atoms with Gasteiger partial charge in [0.25, 0.3) is 0 Å². The zero-order valence-corrected chi connectivity index (χ0v) is 12.3. The van der Waals surface area contributed by atoms with Gasteiger partial charge in [-0.1, -0.05) is 30.9 Å². The summed E-state index contributed by atoms with van der Waals surface area (Å²) in [6.45, 7) is 0. The molecule has 0 spiro atoms. The van der Waals surface area contributed by atoms with Crippen molar-refractivity contribution in [2.45, 2.75) is 32.1 Å². The van der Waals surface area contributed by atoms with Crippen molar-refractivity contribution in [1.29, 1.82) is 0 Å². The topological polar surface area (TPSA) is 32.3 Å². The van der Waals surface area contributed by atoms with Crippen molar-refractivity contribution in [1.82, 2.24) is 0 Å². The molecule has 19 heavy (non-hydrogen) atoms. The van der Waals surface area contributed by atoms with Crippen molar-refractivity contribution >= 4 is 28.9 Å². The van der Waals surface area contributed by atoms with Crippen molar-refractivity contribution in [3.63, 3.8) is 0 Å². The molecule has 2 rings (SSSR count). The first kappa shape index (κ1) is 14.2. The molecule has 1 aromatic carbocycles. The highest BCUT2D eigenvalue weighted by Gasteiger charge is 2.22. The first-order valence-corrected chi connectivity index (χ1v) is 7.23. The summed E-state index contributed by atoms with van der Waals surface area (Å²) < 4.78 is 0. The Bertz CT molecular complexity index is 453. The lowest BCUT2D eigenvalue weighted by molar-refractivity contribution is -0.120. The Kier molecular flexibility index (Phi) is 4.70. The second-order valence-electron chi connectivity index (χ2n) is 5.38. The largest absolute Gasteiger partial charge is 0.376 e. The summed E-state index contributed by atoms with van der Waals surface area (Å²) in [5.74, 6) is 0.285. The van der Waals surface area contributed by atoms with Crippen molar-refractivity contribution in [3.05, 3.63) is 23.2 Å². The number of hydrogen-bond acceptors (Lipinski definition) is 2. The number of anilines is 2. The molecular formula is C15H21ClN2O. The van der Waals surface area contributed by atoms with Crippen LogP contribution in [0.1, 0.15) is 32.1 Å². The molecule has 1 saturated carbocycles. The zero-order chi connectivity index (χ0) is 13.8. The fraction of sp³-hybridized carbons (Fsp3) is 0.533. The Morgan fingerprint density at radius 2 is 1.95 bits per heavy atom. The van der Waals surface area contributed by atoms with Crippen LogP contribution in [0.15, 0.2) is 18.2 Å². The van der Waals surface area contributed by atoms with Gasteiger partial charge in [0.2, 0.25) is 5.91 Å². The van der Waals surface area contributed by atoms with Crippen LogP contribution < -0.4 is 10.2 Å². The average Bonchev–Trinajstić information content (AvgIpc) is 2.39. The highest BCUT2D eigenvalue weighted by atomic mass is 35.5. The normalized spacial score (nSPS) is 16.2. The molecule has 1 aliphatic carbocycles. The van der Waals surface area contributed by atoms with Gasteiger partial charge in [0.05, 0.1) is 11.4 Å². The molecular weight excluding hydrogens is 260 g/mol. The van der Waals surface area contributed by atoms with Crippen LogP contribution in [-0.4, -0.2) is 20.0 Å². The number of carbonyl (C=O) groups is 1. The van der Waals surface area contributed by atoms with Crippen LogP contribution >= 0.6 is 11.6 Å². The second kappa shape index (κ2) is 6.29. The van der Waals surface area contributed by atoms with Gasteiger partial charge in [-0.2, -0.15) is 0 Å². The Balaban J connectivity index is 2.13. The molecule has 1 aromatic rings. The summed E-state index contributed by atoms with van der Waals surface area (Å²) >= 11 is 6.02. The van der Waals surface area contributed by atoms with Gasteiger partial charge in [-0.15, -0.1) is 0 Å². The van der Waals surface area contributed by atoms with Crippen LogP contribution in [0.25, 0.3) is 0 Å². The molecule has 0 aliphatic heterocycles. The molecule has 0 aromatic heterocycles. The molecule has 0 radical (unpaired) electrons. The Labute approximate surface area is 119 Å². The van der Waals surface area contributed by atoms with E-state index in [1.54, 1.807) is 0 Å². The fourth-order valence-corrected chi connectivity index (χ4v) is 2.77. The van der Waals surface area contributed by atoms with Crippen molar-refractivity contribution in [3.8, 4) is 0 Å². The number of benzene rings is 1. The van der Waals surface area contributed by atoms with E-state index in [2.05, 4.69) is 5.32 Å². The summed E-state index contributed by atoms with van der Waals surface area (Å²) in [7, 11) is 3.92. The van der Waals surface area contributed by atoms with Crippen LogP contribution in [-0.2, 0) is 4.79 Å². The third-order valence-electron chi connectivity index (χ3n) is 3.67. The fourth-order valence-electron chi connectivity index (χ4n) is 2.60. The van der Waals surface area contributed by atoms with Gasteiger partial charge >= 0.3 is 0 Å². The summed E-state index contributed by atoms with van der Waals surface area (Å²) in [6, 6.07) is 5.59. The van der Waals surface area contributed by atoms with Crippen LogP contribution in [0.3, 0.4) is 0 Å². The number of halogens is 1. The van der Waals surface area contributed by atoms with E-state index in [4.69, 9.17) is 11.6 Å². The van der Waals surface area contributed by atoms with E-state index in [1.165, 1.54) is 6.42 Å². The van der Waals surface area contributed by atoms with Gasteiger partial charge in [-0.3, -0.25) is 4.79 Å². The monoisotopic (exact) mass is 280 g/mol. The lowest BCUT2D eigenvalue weighted by Crippen LogP contribution is -2.25. The van der Waals surface area contributed by atoms with E-state index in [0.29, 0.717) is 5.02 Å². The van der Waals surface area contributed by atoms with Crippen molar-refractivity contribution in [2.24, 2.45) is 5.92 Å². The lowest BCUT2D eigenvalue weighted by atomic mass is 9.88. The van der Waals surface area contributed by atoms with Gasteiger partial charge in [0, 0.05) is 25.0 Å². The highest BCUT2D eigenvalue weighted by Crippen LogP contribution is 2.30. The van der Waals surface area contributed by atoms with E-state index in [0.717, 1.165) is 37.1 Å². The zero-order valence-electron chi connectivity index (χ0n) is 11.6. The predicted molar refractivity (Wildman–Crippen MR) is 81.0 cm³/mol. The smallest absolute Gasteiger partial charge is 0.227 e. The van der Waals surface area contributed by atoms with Crippen molar-refractivity contribution < 1.29 is 4.79 Å². The molecule has 0 unspecified atom stereocenters. The molecule has 0 bridgehead atoms. The predicted octanol–water partition coefficient (Wildman–Crippen LogP) is 3.92. The Hall–Kier alpha value is -1.22. The van der Waals surface area contributed by atoms with Gasteiger partial charge in [0.15, 0.2) is 0 Å². The summed E-state index contributed by atoms with van der Waals surface area (Å²) in [6.07, 6.45) is 5.58. The minimum Gasteiger partial charge on any atom is -0.376 e. The van der Waals surface area contributed by atoms with Gasteiger partial charge < -0.3 is 10.2 Å². The quantitative estimate of drug-likeness (QED) is 0.910. The van der Waals surface area contributed by atoms with Gasteiger partial charge in [-0.05, 0) is 31.0 Å². The van der Waals surface area contributed by atoms with Gasteiger partial charge in [0.1, 0.15) is 0 Å². The number of amides is 1. The molecule has 1 fully saturated rings. The van der Waals surface area contributed by atoms with Crippen LogP contribution in [0.5, 0.6) is 0 Å². The molecule has 4 heteroatoms. The Morgan fingerprint density at radius 1 is 1.26 bits per heavy atom. The minimum absolute atomic E-state index is 0.130. The maximum absolute atomic E-state index is 12.3. The lowest BCUT2D eigenvalue weighted by Gasteiger charge is -2.23. The standard InChI is InChI=1S/C15H21ClN2O/c1-18(2)14-9-8-12(16)10-13(14)17-15(19)11-6-4-3-5-7-11/h8-11H,3-7H2,1-2H3,(H,17,19). The van der Waals surface area contributed by atoms with Crippen LogP contribution in [0.2, 0.25) is 5.02 Å². The molecule has 104 valence electrons. The summed E-state index contributed by atoms with van der Waals surface area (Å²) in [4.78, 5) is 14.3. The molecule has 0 heterocycles. The van der Waals surface area contributed by atoms with Crippen molar-refractivity contribution in [2.75, 3.05) is 24.3 Å². The average molecular weight is 281 g/mol. The molecule has 0 atom stereocenters. The Morgan fingerprint density at radius 3 is 2.58 bits per heavy atom. The third-order valence-corrected chi connectivity index (χ3v) is 3.91. The summed E-state index contributed by atoms with van der Waals surface area (Å²) in [5, 5.41) is 3.68. The molecule has 3 nitrogen and oxygen atoms in total. The third kappa shape index (κ3) is 3.63. The minimum atomic E-state index is 0.130. The molecule has 0 saturated heterocycles. The highest BCUT2D eigenvalue weighted by molar-refractivity contribution is 6.31. The number of rotatable bonds is 3. The van der Waals surface area contributed by atoms with Crippen LogP contribution in [0.4, 0.5) is 11.4 Å². The SMILES string of the molecule is CN(C)c1ccc(Cl)cc1NC(=O)C1CCCCC1.